The Bertz CT molecular complexity index is 764. The van der Waals surface area contributed by atoms with Crippen LogP contribution in [-0.2, 0) is 9.59 Å². The number of aliphatic hydroxyl groups is 3. The van der Waals surface area contributed by atoms with Crippen molar-refractivity contribution < 1.29 is 29.3 Å². The lowest BCUT2D eigenvalue weighted by Crippen LogP contribution is -2.69. The summed E-state index contributed by atoms with van der Waals surface area (Å²) in [7, 11) is 0. The predicted octanol–water partition coefficient (Wildman–Crippen LogP) is 2.12. The van der Waals surface area contributed by atoms with Gasteiger partial charge in [-0.2, -0.15) is 0 Å². The van der Waals surface area contributed by atoms with E-state index in [1.54, 1.807) is 19.9 Å². The predicted molar refractivity (Wildman–Crippen MR) is 100 cm³/mol. The maximum absolute atomic E-state index is 16.9. The SMILES string of the molecule is C[C@H]1C[C@@H]2[C@@H]3CCC4=CC(=O)CC[C@]4(C)[C@]3(F)[C@@H](O)C[C@]2(C)[C@]1(O)C(=O)CO. The molecule has 4 aliphatic rings. The number of alkyl halides is 1. The summed E-state index contributed by atoms with van der Waals surface area (Å²) in [4.78, 5) is 24.5. The molecule has 6 heteroatoms. The van der Waals surface area contributed by atoms with Gasteiger partial charge in [0.2, 0.25) is 0 Å². The van der Waals surface area contributed by atoms with Crippen molar-refractivity contribution in [1.29, 1.82) is 0 Å². The van der Waals surface area contributed by atoms with Gasteiger partial charge in [-0.15, -0.1) is 0 Å². The molecule has 0 heterocycles. The number of carbonyl (C=O) groups is 2. The molecular formula is C22H31FO5. The summed E-state index contributed by atoms with van der Waals surface area (Å²) in [6, 6.07) is 0. The molecule has 8 atom stereocenters. The van der Waals surface area contributed by atoms with Crippen molar-refractivity contribution in [3.8, 4) is 0 Å². The topological polar surface area (TPSA) is 94.8 Å². The number of rotatable bonds is 2. The zero-order valence-electron chi connectivity index (χ0n) is 16.9. The highest BCUT2D eigenvalue weighted by Crippen LogP contribution is 2.71. The first kappa shape index (κ1) is 20.2. The van der Waals surface area contributed by atoms with Gasteiger partial charge >= 0.3 is 0 Å². The molecule has 0 bridgehead atoms. The van der Waals surface area contributed by atoms with E-state index in [4.69, 9.17) is 0 Å². The number of Topliss-reactive ketones (excluding diaryl/α,β-unsaturated/α-hetero) is 1. The first-order valence-corrected chi connectivity index (χ1v) is 10.4. The second kappa shape index (κ2) is 5.96. The van der Waals surface area contributed by atoms with E-state index in [0.29, 0.717) is 25.7 Å². The second-order valence-corrected chi connectivity index (χ2v) is 10.1. The molecule has 28 heavy (non-hydrogen) atoms. The Morgan fingerprint density at radius 3 is 2.61 bits per heavy atom. The standard InChI is InChI=1S/C22H31FO5/c1-12-8-16-15-5-4-13-9-14(25)6-7-19(13,2)21(15,23)17(26)10-20(16,3)22(12,28)18(27)11-24/h9,12,15-17,24,26,28H,4-8,10-11H2,1-3H3/t12-,15-,16+,17-,19-,20-,21+,22+/m0/s1. The summed E-state index contributed by atoms with van der Waals surface area (Å²) in [6.45, 7) is 4.61. The Balaban J connectivity index is 1.83. The molecule has 5 nitrogen and oxygen atoms in total. The Hall–Kier alpha value is -1.11. The molecular weight excluding hydrogens is 363 g/mol. The summed E-state index contributed by atoms with van der Waals surface area (Å²) in [5.41, 5.74) is -4.77. The van der Waals surface area contributed by atoms with Gasteiger partial charge in [0.05, 0.1) is 6.10 Å². The van der Waals surface area contributed by atoms with Gasteiger partial charge in [0.15, 0.2) is 11.6 Å². The zero-order chi connectivity index (χ0) is 20.7. The molecule has 0 spiro atoms. The highest BCUT2D eigenvalue weighted by atomic mass is 19.1. The second-order valence-electron chi connectivity index (χ2n) is 10.1. The number of carbonyl (C=O) groups excluding carboxylic acids is 2. The molecule has 4 aliphatic carbocycles. The summed E-state index contributed by atoms with van der Waals surface area (Å²) < 4.78 is 16.9. The quantitative estimate of drug-likeness (QED) is 0.667. The third-order valence-electron chi connectivity index (χ3n) is 9.19. The fraction of sp³-hybridized carbons (Fsp3) is 0.818. The van der Waals surface area contributed by atoms with Crippen molar-refractivity contribution >= 4 is 11.6 Å². The van der Waals surface area contributed by atoms with E-state index in [2.05, 4.69) is 0 Å². The third-order valence-corrected chi connectivity index (χ3v) is 9.19. The van der Waals surface area contributed by atoms with Gasteiger partial charge in [-0.05, 0) is 50.0 Å². The summed E-state index contributed by atoms with van der Waals surface area (Å²) in [5, 5.41) is 32.0. The van der Waals surface area contributed by atoms with E-state index >= 15 is 4.39 Å². The van der Waals surface area contributed by atoms with Crippen LogP contribution < -0.4 is 0 Å². The van der Waals surface area contributed by atoms with Crippen LogP contribution in [0.1, 0.15) is 59.3 Å². The van der Waals surface area contributed by atoms with Crippen LogP contribution in [-0.4, -0.2) is 50.9 Å². The maximum Gasteiger partial charge on any atom is 0.190 e. The average molecular weight is 394 g/mol. The smallest absolute Gasteiger partial charge is 0.190 e. The highest BCUT2D eigenvalue weighted by molar-refractivity contribution is 5.92. The lowest BCUT2D eigenvalue weighted by Gasteiger charge is -2.63. The summed E-state index contributed by atoms with van der Waals surface area (Å²) >= 11 is 0. The van der Waals surface area contributed by atoms with E-state index in [1.807, 2.05) is 6.92 Å². The maximum atomic E-state index is 16.9. The van der Waals surface area contributed by atoms with Gasteiger partial charge in [0.25, 0.3) is 0 Å². The normalized spacial score (nSPS) is 53.1. The molecule has 0 amide bonds. The molecule has 3 fully saturated rings. The van der Waals surface area contributed by atoms with E-state index in [1.165, 1.54) is 0 Å². The number of hydrogen-bond acceptors (Lipinski definition) is 5. The van der Waals surface area contributed by atoms with Crippen LogP contribution in [0.2, 0.25) is 0 Å². The molecule has 4 rings (SSSR count). The van der Waals surface area contributed by atoms with E-state index in [0.717, 1.165) is 5.57 Å². The van der Waals surface area contributed by atoms with E-state index < -0.39 is 52.4 Å². The first-order chi connectivity index (χ1) is 13.0. The lowest BCUT2D eigenvalue weighted by molar-refractivity contribution is -0.228. The van der Waals surface area contributed by atoms with Gasteiger partial charge < -0.3 is 15.3 Å². The molecule has 0 radical (unpaired) electrons. The van der Waals surface area contributed by atoms with Crippen molar-refractivity contribution in [2.45, 2.75) is 76.7 Å². The zero-order valence-corrected chi connectivity index (χ0v) is 16.9. The van der Waals surface area contributed by atoms with Crippen molar-refractivity contribution in [2.75, 3.05) is 6.61 Å². The summed E-state index contributed by atoms with van der Waals surface area (Å²) in [6.07, 6.45) is 2.41. The number of aliphatic hydroxyl groups excluding tert-OH is 2. The van der Waals surface area contributed by atoms with Gasteiger partial charge in [-0.3, -0.25) is 9.59 Å². The molecule has 3 saturated carbocycles. The lowest BCUT2D eigenvalue weighted by atomic mass is 9.44. The fourth-order valence-corrected chi connectivity index (χ4v) is 7.62. The van der Waals surface area contributed by atoms with E-state index in [9.17, 15) is 24.9 Å². The van der Waals surface area contributed by atoms with Crippen LogP contribution in [0.4, 0.5) is 4.39 Å². The molecule has 0 unspecified atom stereocenters. The molecule has 0 aliphatic heterocycles. The average Bonchev–Trinajstić information content (AvgIpc) is 2.84. The van der Waals surface area contributed by atoms with E-state index in [-0.39, 0.29) is 24.5 Å². The highest BCUT2D eigenvalue weighted by Gasteiger charge is 2.75. The van der Waals surface area contributed by atoms with Crippen molar-refractivity contribution in [1.82, 2.24) is 0 Å². The molecule has 3 N–H and O–H groups in total. The Morgan fingerprint density at radius 2 is 1.96 bits per heavy atom. The number of halogens is 1. The number of ketones is 2. The van der Waals surface area contributed by atoms with Crippen LogP contribution in [0.25, 0.3) is 0 Å². The molecule has 0 aromatic rings. The monoisotopic (exact) mass is 394 g/mol. The third kappa shape index (κ3) is 2.07. The van der Waals surface area contributed by atoms with Crippen LogP contribution in [0, 0.1) is 28.6 Å². The van der Waals surface area contributed by atoms with Crippen molar-refractivity contribution in [3.63, 3.8) is 0 Å². The van der Waals surface area contributed by atoms with Crippen LogP contribution >= 0.6 is 0 Å². The number of hydrogen-bond donors (Lipinski definition) is 3. The fourth-order valence-electron chi connectivity index (χ4n) is 7.62. The van der Waals surface area contributed by atoms with Gasteiger partial charge in [-0.25, -0.2) is 4.39 Å². The molecule has 0 aromatic heterocycles. The minimum absolute atomic E-state index is 0.0158. The van der Waals surface area contributed by atoms with Crippen LogP contribution in [0.5, 0.6) is 0 Å². The van der Waals surface area contributed by atoms with Gasteiger partial charge in [0.1, 0.15) is 17.9 Å². The Kier molecular flexibility index (Phi) is 4.29. The van der Waals surface area contributed by atoms with Gasteiger partial charge in [-0.1, -0.05) is 26.3 Å². The Morgan fingerprint density at radius 1 is 1.29 bits per heavy atom. The first-order valence-electron chi connectivity index (χ1n) is 10.4. The summed E-state index contributed by atoms with van der Waals surface area (Å²) in [5.74, 6) is -1.82. The van der Waals surface area contributed by atoms with Crippen LogP contribution in [0.15, 0.2) is 11.6 Å². The number of allylic oxidation sites excluding steroid dienone is 1. The largest absolute Gasteiger partial charge is 0.390 e. The van der Waals surface area contributed by atoms with Crippen molar-refractivity contribution in [2.24, 2.45) is 28.6 Å². The van der Waals surface area contributed by atoms with Crippen molar-refractivity contribution in [3.05, 3.63) is 11.6 Å². The molecule has 0 saturated heterocycles. The minimum atomic E-state index is -1.89. The molecule has 156 valence electrons. The molecule has 0 aromatic carbocycles. The van der Waals surface area contributed by atoms with Gasteiger partial charge in [0, 0.05) is 23.2 Å². The Labute approximate surface area is 165 Å². The van der Waals surface area contributed by atoms with Crippen LogP contribution in [0.3, 0.4) is 0 Å². The number of fused-ring (bicyclic) bond motifs is 5. The minimum Gasteiger partial charge on any atom is -0.390 e.